The second-order valence-electron chi connectivity index (χ2n) is 5.99. The molecule has 0 bridgehead atoms. The van der Waals surface area contributed by atoms with Crippen molar-refractivity contribution < 1.29 is 9.59 Å². The molecule has 0 aromatic rings. The zero-order valence-corrected chi connectivity index (χ0v) is 12.8. The molecule has 1 saturated carbocycles. The summed E-state index contributed by atoms with van der Waals surface area (Å²) in [6.07, 6.45) is 2.14. The number of hydrogen-bond acceptors (Lipinski definition) is 4. The molecule has 2 atom stereocenters. The van der Waals surface area contributed by atoms with Crippen molar-refractivity contribution in [3.05, 3.63) is 0 Å². The quantitative estimate of drug-likeness (QED) is 0.803. The molecule has 6 heteroatoms. The summed E-state index contributed by atoms with van der Waals surface area (Å²) >= 11 is 1.99. The summed E-state index contributed by atoms with van der Waals surface area (Å²) in [4.78, 5) is 28.7. The molecule has 0 aromatic heterocycles. The van der Waals surface area contributed by atoms with Gasteiger partial charge in [-0.25, -0.2) is 0 Å². The van der Waals surface area contributed by atoms with Crippen molar-refractivity contribution in [2.24, 2.45) is 5.92 Å². The predicted molar refractivity (Wildman–Crippen MR) is 79.6 cm³/mol. The molecule has 112 valence electrons. The zero-order chi connectivity index (χ0) is 14.1. The van der Waals surface area contributed by atoms with Crippen LogP contribution in [0.3, 0.4) is 0 Å². The molecule has 20 heavy (non-hydrogen) atoms. The van der Waals surface area contributed by atoms with E-state index in [0.29, 0.717) is 12.5 Å². The first-order valence-electron chi connectivity index (χ1n) is 7.58. The summed E-state index contributed by atoms with van der Waals surface area (Å²) in [6, 6.07) is -0.577. The monoisotopic (exact) mass is 297 g/mol. The van der Waals surface area contributed by atoms with Crippen LogP contribution in [-0.2, 0) is 9.59 Å². The molecule has 2 saturated heterocycles. The van der Waals surface area contributed by atoms with Gasteiger partial charge in [-0.3, -0.25) is 14.5 Å². The molecule has 2 unspecified atom stereocenters. The molecule has 1 N–H and O–H groups in total. The van der Waals surface area contributed by atoms with Crippen LogP contribution in [0.4, 0.5) is 0 Å². The molecule has 3 aliphatic rings. The summed E-state index contributed by atoms with van der Waals surface area (Å²) in [5, 5.41) is 2.90. The van der Waals surface area contributed by atoms with E-state index in [1.54, 1.807) is 4.90 Å². The SMILES string of the molecule is CC1C(=O)NC(C2CC2)C(=O)N1CCN1CCSCC1. The van der Waals surface area contributed by atoms with E-state index in [-0.39, 0.29) is 23.9 Å². The average Bonchev–Trinajstić information content (AvgIpc) is 3.28. The Hall–Kier alpha value is -0.750. The molecule has 2 amide bonds. The van der Waals surface area contributed by atoms with Crippen LogP contribution in [0.15, 0.2) is 0 Å². The number of amides is 2. The largest absolute Gasteiger partial charge is 0.342 e. The second kappa shape index (κ2) is 5.93. The molecule has 2 aliphatic heterocycles. The maximum Gasteiger partial charge on any atom is 0.246 e. The Labute approximate surface area is 124 Å². The minimum absolute atomic E-state index is 0.00991. The normalized spacial score (nSPS) is 32.4. The number of carbonyl (C=O) groups is 2. The van der Waals surface area contributed by atoms with Gasteiger partial charge in [-0.1, -0.05) is 0 Å². The molecular formula is C14H23N3O2S. The van der Waals surface area contributed by atoms with Crippen molar-refractivity contribution in [1.29, 1.82) is 0 Å². The highest BCUT2D eigenvalue weighted by Crippen LogP contribution is 2.34. The van der Waals surface area contributed by atoms with Crippen molar-refractivity contribution in [2.45, 2.75) is 31.8 Å². The standard InChI is InChI=1S/C14H23N3O2S/c1-10-13(18)15-12(11-2-3-11)14(19)17(10)5-4-16-6-8-20-9-7-16/h10-12H,2-9H2,1H3,(H,15,18). The van der Waals surface area contributed by atoms with Crippen LogP contribution in [0.1, 0.15) is 19.8 Å². The van der Waals surface area contributed by atoms with Crippen LogP contribution < -0.4 is 5.32 Å². The van der Waals surface area contributed by atoms with E-state index in [2.05, 4.69) is 10.2 Å². The van der Waals surface area contributed by atoms with Gasteiger partial charge in [0, 0.05) is 37.7 Å². The first-order chi connectivity index (χ1) is 9.66. The Balaban J connectivity index is 1.59. The topological polar surface area (TPSA) is 52.7 Å². The zero-order valence-electron chi connectivity index (χ0n) is 12.0. The highest BCUT2D eigenvalue weighted by molar-refractivity contribution is 7.99. The lowest BCUT2D eigenvalue weighted by atomic mass is 10.0. The number of piperazine rings is 1. The molecule has 0 radical (unpaired) electrons. The van der Waals surface area contributed by atoms with E-state index in [9.17, 15) is 9.59 Å². The number of thioether (sulfide) groups is 1. The summed E-state index contributed by atoms with van der Waals surface area (Å²) in [7, 11) is 0. The van der Waals surface area contributed by atoms with Gasteiger partial charge in [0.05, 0.1) is 0 Å². The molecule has 0 spiro atoms. The van der Waals surface area contributed by atoms with Crippen LogP contribution >= 0.6 is 11.8 Å². The fraction of sp³-hybridized carbons (Fsp3) is 0.857. The number of hydrogen-bond donors (Lipinski definition) is 1. The first-order valence-corrected chi connectivity index (χ1v) is 8.73. The maximum atomic E-state index is 12.5. The van der Waals surface area contributed by atoms with Crippen LogP contribution in [-0.4, -0.2) is 71.4 Å². The average molecular weight is 297 g/mol. The van der Waals surface area contributed by atoms with Gasteiger partial charge >= 0.3 is 0 Å². The van der Waals surface area contributed by atoms with Gasteiger partial charge in [-0.2, -0.15) is 11.8 Å². The molecule has 2 heterocycles. The van der Waals surface area contributed by atoms with Gasteiger partial charge in [-0.15, -0.1) is 0 Å². The van der Waals surface area contributed by atoms with Crippen LogP contribution in [0.5, 0.6) is 0 Å². The Morgan fingerprint density at radius 3 is 2.55 bits per heavy atom. The van der Waals surface area contributed by atoms with E-state index >= 15 is 0 Å². The van der Waals surface area contributed by atoms with Gasteiger partial charge in [0.25, 0.3) is 0 Å². The molecule has 0 aromatic carbocycles. The van der Waals surface area contributed by atoms with E-state index in [4.69, 9.17) is 0 Å². The van der Waals surface area contributed by atoms with Crippen LogP contribution in [0.25, 0.3) is 0 Å². The fourth-order valence-electron chi connectivity index (χ4n) is 2.97. The molecular weight excluding hydrogens is 274 g/mol. The molecule has 1 aliphatic carbocycles. The molecule has 5 nitrogen and oxygen atoms in total. The van der Waals surface area contributed by atoms with E-state index in [0.717, 1.165) is 32.5 Å². The predicted octanol–water partition coefficient (Wildman–Crippen LogP) is 0.161. The third kappa shape index (κ3) is 2.96. The lowest BCUT2D eigenvalue weighted by molar-refractivity contribution is -0.149. The first kappa shape index (κ1) is 14.2. The highest BCUT2D eigenvalue weighted by Gasteiger charge is 2.45. The number of carbonyl (C=O) groups excluding carboxylic acids is 2. The Morgan fingerprint density at radius 2 is 1.90 bits per heavy atom. The second-order valence-corrected chi connectivity index (χ2v) is 7.21. The van der Waals surface area contributed by atoms with Crippen molar-refractivity contribution in [3.8, 4) is 0 Å². The van der Waals surface area contributed by atoms with Gasteiger partial charge < -0.3 is 10.2 Å². The lowest BCUT2D eigenvalue weighted by Crippen LogP contribution is -2.64. The third-order valence-electron chi connectivity index (χ3n) is 4.55. The summed E-state index contributed by atoms with van der Waals surface area (Å²) in [5.74, 6) is 2.87. The van der Waals surface area contributed by atoms with E-state index < -0.39 is 0 Å². The maximum absolute atomic E-state index is 12.5. The van der Waals surface area contributed by atoms with E-state index in [1.807, 2.05) is 18.7 Å². The smallest absolute Gasteiger partial charge is 0.246 e. The Morgan fingerprint density at radius 1 is 1.20 bits per heavy atom. The van der Waals surface area contributed by atoms with Crippen LogP contribution in [0.2, 0.25) is 0 Å². The summed E-state index contributed by atoms with van der Waals surface area (Å²) in [5.41, 5.74) is 0. The minimum atomic E-state index is -0.323. The lowest BCUT2D eigenvalue weighted by Gasteiger charge is -2.39. The van der Waals surface area contributed by atoms with Gasteiger partial charge in [-0.05, 0) is 25.7 Å². The van der Waals surface area contributed by atoms with E-state index in [1.165, 1.54) is 11.5 Å². The fourth-order valence-corrected chi connectivity index (χ4v) is 3.95. The number of rotatable bonds is 4. The summed E-state index contributed by atoms with van der Waals surface area (Å²) in [6.45, 7) is 5.60. The van der Waals surface area contributed by atoms with Crippen molar-refractivity contribution >= 4 is 23.6 Å². The molecule has 3 fully saturated rings. The highest BCUT2D eigenvalue weighted by atomic mass is 32.2. The Bertz CT molecular complexity index is 394. The number of nitrogens with zero attached hydrogens (tertiary/aromatic N) is 2. The van der Waals surface area contributed by atoms with Gasteiger partial charge in [0.2, 0.25) is 11.8 Å². The third-order valence-corrected chi connectivity index (χ3v) is 5.49. The van der Waals surface area contributed by atoms with Gasteiger partial charge in [0.1, 0.15) is 12.1 Å². The van der Waals surface area contributed by atoms with Crippen LogP contribution in [0, 0.1) is 5.92 Å². The van der Waals surface area contributed by atoms with Crippen molar-refractivity contribution in [2.75, 3.05) is 37.7 Å². The number of nitrogens with one attached hydrogen (secondary N) is 1. The molecule has 3 rings (SSSR count). The minimum Gasteiger partial charge on any atom is -0.342 e. The van der Waals surface area contributed by atoms with Crippen molar-refractivity contribution in [3.63, 3.8) is 0 Å². The summed E-state index contributed by atoms with van der Waals surface area (Å²) < 4.78 is 0. The van der Waals surface area contributed by atoms with Gasteiger partial charge in [0.15, 0.2) is 0 Å². The Kier molecular flexibility index (Phi) is 4.21. The van der Waals surface area contributed by atoms with Crippen molar-refractivity contribution in [1.82, 2.24) is 15.1 Å².